The quantitative estimate of drug-likeness (QED) is 0.0832. The van der Waals surface area contributed by atoms with Crippen molar-refractivity contribution in [2.45, 2.75) is 121 Å². The van der Waals surface area contributed by atoms with Gasteiger partial charge in [-0.1, -0.05) is 84.0 Å². The SMILES string of the molecule is CCCCCCCCCCCCCCCC(=O)[O-].O=C[C@H](O)[C@@H](O)[C@H](O)[C@H](O)CO.[Na+]. The molecule has 0 aromatic heterocycles. The summed E-state index contributed by atoms with van der Waals surface area (Å²) in [4.78, 5) is 20.1. The van der Waals surface area contributed by atoms with Crippen LogP contribution in [0.3, 0.4) is 0 Å². The number of rotatable bonds is 19. The molecule has 0 aromatic carbocycles. The Balaban J connectivity index is -0.000000528. The Morgan fingerprint density at radius 1 is 0.774 bits per heavy atom. The van der Waals surface area contributed by atoms with Crippen molar-refractivity contribution in [3.05, 3.63) is 0 Å². The number of aliphatic hydroxyl groups is 5. The molecule has 8 nitrogen and oxygen atoms in total. The smallest absolute Gasteiger partial charge is 0.550 e. The number of hydrogen-bond donors (Lipinski definition) is 5. The topological polar surface area (TPSA) is 158 Å². The van der Waals surface area contributed by atoms with Crippen molar-refractivity contribution in [1.82, 2.24) is 0 Å². The molecule has 0 saturated carbocycles. The van der Waals surface area contributed by atoms with Gasteiger partial charge >= 0.3 is 29.6 Å². The van der Waals surface area contributed by atoms with E-state index in [2.05, 4.69) is 6.92 Å². The van der Waals surface area contributed by atoms with Gasteiger partial charge in [0.05, 0.1) is 6.61 Å². The minimum atomic E-state index is -1.79. The molecule has 0 rings (SSSR count). The molecule has 0 aliphatic carbocycles. The number of aliphatic hydroxyl groups excluding tert-OH is 5. The molecule has 4 atom stereocenters. The molecule has 180 valence electrons. The van der Waals surface area contributed by atoms with Gasteiger partial charge in [0.1, 0.15) is 24.4 Å². The number of unbranched alkanes of at least 4 members (excludes halogenated alkanes) is 12. The van der Waals surface area contributed by atoms with E-state index in [0.29, 0.717) is 0 Å². The van der Waals surface area contributed by atoms with E-state index in [1.807, 2.05) is 0 Å². The maximum absolute atomic E-state index is 10.2. The largest absolute Gasteiger partial charge is 1.00 e. The molecule has 0 aliphatic heterocycles. The molecule has 0 bridgehead atoms. The van der Waals surface area contributed by atoms with Gasteiger partial charge in [0, 0.05) is 5.97 Å². The molecule has 0 unspecified atom stereocenters. The van der Waals surface area contributed by atoms with Crippen molar-refractivity contribution < 1.29 is 69.8 Å². The number of hydrogen-bond acceptors (Lipinski definition) is 8. The summed E-state index contributed by atoms with van der Waals surface area (Å²) < 4.78 is 0. The van der Waals surface area contributed by atoms with Gasteiger partial charge in [-0.15, -0.1) is 0 Å². The molecule has 0 aliphatic rings. The fourth-order valence-electron chi connectivity index (χ4n) is 2.91. The number of carboxylic acid groups (broad SMARTS) is 1. The molecule has 0 amide bonds. The normalized spacial score (nSPS) is 14.4. The van der Waals surface area contributed by atoms with Crippen LogP contribution in [0.2, 0.25) is 0 Å². The summed E-state index contributed by atoms with van der Waals surface area (Å²) in [6.07, 6.45) is 10.1. The second kappa shape index (κ2) is 26.2. The van der Waals surface area contributed by atoms with Crippen molar-refractivity contribution in [2.24, 2.45) is 0 Å². The van der Waals surface area contributed by atoms with Gasteiger partial charge in [0.25, 0.3) is 0 Å². The first-order valence-electron chi connectivity index (χ1n) is 11.3. The predicted octanol–water partition coefficient (Wildman–Crippen LogP) is -2.16. The Morgan fingerprint density at radius 2 is 1.16 bits per heavy atom. The van der Waals surface area contributed by atoms with E-state index in [4.69, 9.17) is 25.5 Å². The van der Waals surface area contributed by atoms with Crippen LogP contribution < -0.4 is 34.7 Å². The Bertz CT molecular complexity index is 398. The minimum Gasteiger partial charge on any atom is -0.550 e. The molecular weight excluding hydrogens is 415 g/mol. The standard InChI is InChI=1S/C16H32O2.C6H12O6.Na/c1-2-3-4-5-6-7-8-9-10-11-12-13-14-15-16(17)18;7-1-3(9)5(11)6(12)4(10)2-8;/h2-15H2,1H3,(H,17,18);1,3-6,8-12H,2H2;/q;;+1/p-1/t;3-,4+,5+,6+;/m.0./s1. The van der Waals surface area contributed by atoms with Gasteiger partial charge in [-0.2, -0.15) is 0 Å². The van der Waals surface area contributed by atoms with Crippen molar-refractivity contribution >= 4 is 12.3 Å². The van der Waals surface area contributed by atoms with Crippen LogP contribution in [0.4, 0.5) is 0 Å². The predicted molar refractivity (Wildman–Crippen MR) is 112 cm³/mol. The van der Waals surface area contributed by atoms with Crippen LogP contribution in [0.15, 0.2) is 0 Å². The van der Waals surface area contributed by atoms with Crippen molar-refractivity contribution in [3.63, 3.8) is 0 Å². The average molecular weight is 459 g/mol. The second-order valence-electron chi connectivity index (χ2n) is 7.72. The van der Waals surface area contributed by atoms with Crippen LogP contribution in [0.25, 0.3) is 0 Å². The van der Waals surface area contributed by atoms with Crippen LogP contribution in [0.1, 0.15) is 96.8 Å². The van der Waals surface area contributed by atoms with Gasteiger partial charge in [-0.3, -0.25) is 0 Å². The van der Waals surface area contributed by atoms with Crippen LogP contribution >= 0.6 is 0 Å². The number of carbonyl (C=O) groups is 2. The first-order chi connectivity index (χ1) is 14.3. The second-order valence-corrected chi connectivity index (χ2v) is 7.72. The van der Waals surface area contributed by atoms with Crippen molar-refractivity contribution in [2.75, 3.05) is 6.61 Å². The molecule has 5 N–H and O–H groups in total. The van der Waals surface area contributed by atoms with E-state index in [0.717, 1.165) is 12.8 Å². The maximum Gasteiger partial charge on any atom is 1.00 e. The van der Waals surface area contributed by atoms with E-state index < -0.39 is 37.0 Å². The van der Waals surface area contributed by atoms with Crippen LogP contribution in [0, 0.1) is 0 Å². The first kappa shape index (κ1) is 35.5. The molecule has 0 fully saturated rings. The van der Waals surface area contributed by atoms with Gasteiger partial charge in [-0.05, 0) is 12.8 Å². The number of carbonyl (C=O) groups excluding carboxylic acids is 2. The van der Waals surface area contributed by atoms with Crippen LogP contribution in [-0.2, 0) is 9.59 Å². The molecule has 0 heterocycles. The number of aliphatic carboxylic acids is 1. The summed E-state index contributed by atoms with van der Waals surface area (Å²) in [7, 11) is 0. The first-order valence-corrected chi connectivity index (χ1v) is 11.3. The summed E-state index contributed by atoms with van der Waals surface area (Å²) in [6.45, 7) is 1.50. The van der Waals surface area contributed by atoms with Gasteiger partial charge in [0.2, 0.25) is 0 Å². The average Bonchev–Trinajstić information content (AvgIpc) is 2.74. The van der Waals surface area contributed by atoms with E-state index >= 15 is 0 Å². The van der Waals surface area contributed by atoms with Gasteiger partial charge < -0.3 is 40.2 Å². The Kier molecular flexibility index (Phi) is 30.0. The van der Waals surface area contributed by atoms with Crippen molar-refractivity contribution in [1.29, 1.82) is 0 Å². The van der Waals surface area contributed by atoms with Gasteiger partial charge in [-0.25, -0.2) is 0 Å². The van der Waals surface area contributed by atoms with Crippen molar-refractivity contribution in [3.8, 4) is 0 Å². The molecule has 0 aromatic rings. The zero-order valence-electron chi connectivity index (χ0n) is 19.5. The van der Waals surface area contributed by atoms with Gasteiger partial charge in [0.15, 0.2) is 6.29 Å². The minimum absolute atomic E-state index is 0. The molecule has 0 saturated heterocycles. The third kappa shape index (κ3) is 24.4. The molecule has 9 heteroatoms. The molecule has 31 heavy (non-hydrogen) atoms. The molecular formula is C22H43NaO8. The monoisotopic (exact) mass is 458 g/mol. The summed E-state index contributed by atoms with van der Waals surface area (Å²) in [5, 5.41) is 53.7. The van der Waals surface area contributed by atoms with Crippen LogP contribution in [0.5, 0.6) is 0 Å². The fourth-order valence-corrected chi connectivity index (χ4v) is 2.91. The molecule has 0 radical (unpaired) electrons. The third-order valence-corrected chi connectivity index (χ3v) is 4.90. The fraction of sp³-hybridized carbons (Fsp3) is 0.909. The van der Waals surface area contributed by atoms with E-state index in [1.165, 1.54) is 70.6 Å². The van der Waals surface area contributed by atoms with E-state index in [1.54, 1.807) is 0 Å². The zero-order valence-corrected chi connectivity index (χ0v) is 21.5. The number of carboxylic acids is 1. The summed E-state index contributed by atoms with van der Waals surface area (Å²) in [5.41, 5.74) is 0. The summed E-state index contributed by atoms with van der Waals surface area (Å²) in [5.74, 6) is -0.905. The Labute approximate surface area is 209 Å². The van der Waals surface area contributed by atoms with Crippen LogP contribution in [-0.4, -0.2) is 68.8 Å². The summed E-state index contributed by atoms with van der Waals surface area (Å²) in [6, 6.07) is 0. The van der Waals surface area contributed by atoms with E-state index in [-0.39, 0.29) is 42.3 Å². The van der Waals surface area contributed by atoms with E-state index in [9.17, 15) is 14.7 Å². The number of aldehydes is 1. The Morgan fingerprint density at radius 3 is 1.48 bits per heavy atom. The third-order valence-electron chi connectivity index (χ3n) is 4.90. The molecule has 0 spiro atoms. The maximum atomic E-state index is 10.2. The Hall–Kier alpha value is -0.0600. The summed E-state index contributed by atoms with van der Waals surface area (Å²) >= 11 is 0. The zero-order chi connectivity index (χ0) is 23.2.